The minimum absolute atomic E-state index is 0. The lowest BCUT2D eigenvalue weighted by Gasteiger charge is -2.02. The molecule has 4 heteroatoms. The van der Waals surface area contributed by atoms with Gasteiger partial charge in [-0.1, -0.05) is 0 Å². The van der Waals surface area contributed by atoms with Crippen LogP contribution in [0.2, 0.25) is 0 Å². The van der Waals surface area contributed by atoms with E-state index in [9.17, 15) is 4.79 Å². The average molecular weight is 147 g/mol. The molecule has 4 nitrogen and oxygen atoms in total. The summed E-state index contributed by atoms with van der Waals surface area (Å²) < 4.78 is 4.56. The molecule has 0 aromatic carbocycles. The second-order valence-electron chi connectivity index (χ2n) is 2.21. The highest BCUT2D eigenvalue weighted by atomic mass is 16.5. The van der Waals surface area contributed by atoms with Gasteiger partial charge in [-0.15, -0.1) is 0 Å². The smallest absolute Gasteiger partial charge is 0.309 e. The average Bonchev–Trinajstić information content (AvgIpc) is 2.37. The van der Waals surface area contributed by atoms with Crippen molar-refractivity contribution < 1.29 is 15.0 Å². The van der Waals surface area contributed by atoms with E-state index >= 15 is 0 Å². The number of methoxy groups -OCH3 is 1. The highest BCUT2D eigenvalue weighted by molar-refractivity contribution is 5.72. The fraction of sp³-hybridized carbons (Fsp3) is 0.833. The van der Waals surface area contributed by atoms with E-state index in [0.717, 1.165) is 19.5 Å². The molecule has 0 aromatic heterocycles. The van der Waals surface area contributed by atoms with E-state index in [2.05, 4.69) is 10.1 Å². The van der Waals surface area contributed by atoms with Gasteiger partial charge >= 0.3 is 5.97 Å². The predicted octanol–water partition coefficient (Wildman–Crippen LogP) is -1.06. The van der Waals surface area contributed by atoms with Crippen LogP contribution in [0.5, 0.6) is 0 Å². The first-order valence-electron chi connectivity index (χ1n) is 3.13. The maximum absolute atomic E-state index is 10.8. The lowest BCUT2D eigenvalue weighted by molar-refractivity contribution is -0.144. The lowest BCUT2D eigenvalue weighted by Crippen LogP contribution is -2.18. The summed E-state index contributed by atoms with van der Waals surface area (Å²) in [6, 6.07) is 0. The Morgan fingerprint density at radius 1 is 1.70 bits per heavy atom. The zero-order valence-corrected chi connectivity index (χ0v) is 6.02. The molecule has 0 aromatic rings. The molecule has 0 saturated carbocycles. The van der Waals surface area contributed by atoms with Gasteiger partial charge in [0.25, 0.3) is 0 Å². The summed E-state index contributed by atoms with van der Waals surface area (Å²) in [5.41, 5.74) is 0. The number of hydrogen-bond acceptors (Lipinski definition) is 3. The maximum Gasteiger partial charge on any atom is 0.309 e. The van der Waals surface area contributed by atoms with Gasteiger partial charge < -0.3 is 15.5 Å². The van der Waals surface area contributed by atoms with Crippen LogP contribution >= 0.6 is 0 Å². The molecule has 1 atom stereocenters. The molecule has 1 rings (SSSR count). The van der Waals surface area contributed by atoms with Crippen molar-refractivity contribution in [3.63, 3.8) is 0 Å². The molecule has 0 aliphatic carbocycles. The van der Waals surface area contributed by atoms with E-state index in [1.165, 1.54) is 7.11 Å². The number of rotatable bonds is 1. The summed E-state index contributed by atoms with van der Waals surface area (Å²) in [6.07, 6.45) is 0.923. The van der Waals surface area contributed by atoms with Crippen molar-refractivity contribution in [1.29, 1.82) is 0 Å². The Labute approximate surface area is 59.9 Å². The van der Waals surface area contributed by atoms with Gasteiger partial charge in [0.15, 0.2) is 0 Å². The Morgan fingerprint density at radius 2 is 2.40 bits per heavy atom. The van der Waals surface area contributed by atoms with E-state index in [1.807, 2.05) is 0 Å². The molecule has 1 saturated heterocycles. The first-order chi connectivity index (χ1) is 4.34. The summed E-state index contributed by atoms with van der Waals surface area (Å²) in [5, 5.41) is 3.09. The first kappa shape index (κ1) is 9.39. The number of hydrogen-bond donors (Lipinski definition) is 1. The van der Waals surface area contributed by atoms with Gasteiger partial charge in [0.2, 0.25) is 0 Å². The summed E-state index contributed by atoms with van der Waals surface area (Å²) in [4.78, 5) is 10.8. The van der Waals surface area contributed by atoms with Crippen LogP contribution in [0, 0.1) is 5.92 Å². The second-order valence-corrected chi connectivity index (χ2v) is 2.21. The fourth-order valence-corrected chi connectivity index (χ4v) is 1.02. The maximum atomic E-state index is 10.8. The van der Waals surface area contributed by atoms with Crippen LogP contribution < -0.4 is 5.32 Å². The van der Waals surface area contributed by atoms with E-state index < -0.39 is 0 Å². The fourth-order valence-electron chi connectivity index (χ4n) is 1.02. The van der Waals surface area contributed by atoms with Gasteiger partial charge in [-0.2, -0.15) is 0 Å². The highest BCUT2D eigenvalue weighted by Crippen LogP contribution is 2.07. The molecule has 10 heavy (non-hydrogen) atoms. The van der Waals surface area contributed by atoms with E-state index in [0.29, 0.717) is 0 Å². The Kier molecular flexibility index (Phi) is 3.99. The molecule has 0 bridgehead atoms. The number of carbonyl (C=O) groups is 1. The SMILES string of the molecule is COC(=O)[C@@H]1CCNC1.O. The minimum Gasteiger partial charge on any atom is -0.469 e. The Balaban J connectivity index is 0.000000810. The van der Waals surface area contributed by atoms with Gasteiger partial charge in [0, 0.05) is 6.54 Å². The summed E-state index contributed by atoms with van der Waals surface area (Å²) >= 11 is 0. The molecular weight excluding hydrogens is 134 g/mol. The Morgan fingerprint density at radius 3 is 2.80 bits per heavy atom. The van der Waals surface area contributed by atoms with Gasteiger partial charge in [-0.25, -0.2) is 0 Å². The van der Waals surface area contributed by atoms with Gasteiger partial charge in [0.05, 0.1) is 13.0 Å². The molecule has 0 radical (unpaired) electrons. The molecular formula is C6H13NO3. The van der Waals surface area contributed by atoms with E-state index in [4.69, 9.17) is 0 Å². The minimum atomic E-state index is -0.0833. The van der Waals surface area contributed by atoms with Gasteiger partial charge in [0.1, 0.15) is 0 Å². The van der Waals surface area contributed by atoms with Crippen molar-refractivity contribution in [2.45, 2.75) is 6.42 Å². The molecule has 1 fully saturated rings. The third-order valence-electron chi connectivity index (χ3n) is 1.59. The van der Waals surface area contributed by atoms with Crippen LogP contribution in [0.4, 0.5) is 0 Å². The lowest BCUT2D eigenvalue weighted by atomic mass is 10.1. The Hall–Kier alpha value is -0.610. The van der Waals surface area contributed by atoms with Crippen LogP contribution in [-0.4, -0.2) is 31.6 Å². The normalized spacial score (nSPS) is 23.5. The molecule has 1 aliphatic heterocycles. The van der Waals surface area contributed by atoms with Crippen molar-refractivity contribution in [3.8, 4) is 0 Å². The standard InChI is InChI=1S/C6H11NO2.H2O/c1-9-6(8)5-2-3-7-4-5;/h5,7H,2-4H2,1H3;1H2/t5-;/m1./s1. The third kappa shape index (κ3) is 1.97. The molecule has 60 valence electrons. The van der Waals surface area contributed by atoms with Crippen molar-refractivity contribution in [2.75, 3.05) is 20.2 Å². The molecule has 1 aliphatic rings. The molecule has 0 amide bonds. The van der Waals surface area contributed by atoms with Crippen LogP contribution in [-0.2, 0) is 9.53 Å². The molecule has 1 heterocycles. The molecule has 0 spiro atoms. The van der Waals surface area contributed by atoms with Gasteiger partial charge in [-0.05, 0) is 13.0 Å². The zero-order valence-electron chi connectivity index (χ0n) is 6.02. The third-order valence-corrected chi connectivity index (χ3v) is 1.59. The van der Waals surface area contributed by atoms with Crippen LogP contribution in [0.15, 0.2) is 0 Å². The number of carbonyl (C=O) groups excluding carboxylic acids is 1. The largest absolute Gasteiger partial charge is 0.469 e. The van der Waals surface area contributed by atoms with Crippen LogP contribution in [0.1, 0.15) is 6.42 Å². The van der Waals surface area contributed by atoms with E-state index in [1.54, 1.807) is 0 Å². The summed E-state index contributed by atoms with van der Waals surface area (Å²) in [5.74, 6) is 0.0231. The predicted molar refractivity (Wildman–Crippen MR) is 36.6 cm³/mol. The van der Waals surface area contributed by atoms with Crippen molar-refractivity contribution in [3.05, 3.63) is 0 Å². The van der Waals surface area contributed by atoms with Crippen molar-refractivity contribution >= 4 is 5.97 Å². The highest BCUT2D eigenvalue weighted by Gasteiger charge is 2.22. The number of nitrogens with one attached hydrogen (secondary N) is 1. The Bertz CT molecular complexity index is 110. The van der Waals surface area contributed by atoms with Crippen molar-refractivity contribution in [1.82, 2.24) is 5.32 Å². The zero-order chi connectivity index (χ0) is 6.69. The van der Waals surface area contributed by atoms with Crippen LogP contribution in [0.3, 0.4) is 0 Å². The summed E-state index contributed by atoms with van der Waals surface area (Å²) in [7, 11) is 1.43. The van der Waals surface area contributed by atoms with Crippen LogP contribution in [0.25, 0.3) is 0 Å². The van der Waals surface area contributed by atoms with Gasteiger partial charge in [-0.3, -0.25) is 4.79 Å². The summed E-state index contributed by atoms with van der Waals surface area (Å²) in [6.45, 7) is 1.73. The second kappa shape index (κ2) is 4.24. The number of ether oxygens (including phenoxy) is 1. The first-order valence-corrected chi connectivity index (χ1v) is 3.13. The van der Waals surface area contributed by atoms with Crippen molar-refractivity contribution in [2.24, 2.45) is 5.92 Å². The topological polar surface area (TPSA) is 69.8 Å². The number of esters is 1. The molecule has 3 N–H and O–H groups in total. The van der Waals surface area contributed by atoms with E-state index in [-0.39, 0.29) is 17.4 Å². The monoisotopic (exact) mass is 147 g/mol. The quantitative estimate of drug-likeness (QED) is 0.481. The molecule has 0 unspecified atom stereocenters.